The van der Waals surface area contributed by atoms with E-state index in [0.29, 0.717) is 17.1 Å². The fourth-order valence-electron chi connectivity index (χ4n) is 1.70. The summed E-state index contributed by atoms with van der Waals surface area (Å²) >= 11 is 6.14. The van der Waals surface area contributed by atoms with Crippen molar-refractivity contribution in [2.24, 2.45) is 10.9 Å². The van der Waals surface area contributed by atoms with Crippen molar-refractivity contribution in [3.63, 3.8) is 0 Å². The first kappa shape index (κ1) is 14.6. The smallest absolute Gasteiger partial charge is 0.170 e. The lowest BCUT2D eigenvalue weighted by atomic mass is 10.1. The number of amidine groups is 1. The van der Waals surface area contributed by atoms with Crippen molar-refractivity contribution in [3.8, 4) is 0 Å². The van der Waals surface area contributed by atoms with Gasteiger partial charge < -0.3 is 20.9 Å². The monoisotopic (exact) mass is 271 g/mol. The number of hydrogen-bond donors (Lipinski definition) is 3. The summed E-state index contributed by atoms with van der Waals surface area (Å²) in [4.78, 5) is 1.85. The summed E-state index contributed by atoms with van der Waals surface area (Å²) in [5.41, 5.74) is 5.98. The largest absolute Gasteiger partial charge is 0.409 e. The highest BCUT2D eigenvalue weighted by Crippen LogP contribution is 2.27. The molecule has 0 bridgehead atoms. The Labute approximate surface area is 111 Å². The van der Waals surface area contributed by atoms with Gasteiger partial charge in [-0.3, -0.25) is 0 Å². The van der Waals surface area contributed by atoms with Crippen molar-refractivity contribution in [3.05, 3.63) is 28.8 Å². The first-order chi connectivity index (χ1) is 8.24. The van der Waals surface area contributed by atoms with Crippen LogP contribution in [0.3, 0.4) is 0 Å². The number of hydrogen-bond acceptors (Lipinski definition) is 4. The molecule has 0 aliphatic rings. The first-order valence-corrected chi connectivity index (χ1v) is 5.83. The quantitative estimate of drug-likeness (QED) is 0.337. The molecule has 0 fully saturated rings. The molecule has 0 amide bonds. The number of oxime groups is 1. The maximum Gasteiger partial charge on any atom is 0.170 e. The van der Waals surface area contributed by atoms with Gasteiger partial charge >= 0.3 is 0 Å². The highest BCUT2D eigenvalue weighted by molar-refractivity contribution is 6.33. The topological polar surface area (TPSA) is 82.1 Å². The maximum atomic E-state index is 9.76. The highest BCUT2D eigenvalue weighted by atomic mass is 35.5. The SMILES string of the molecule is CN(CC(C)(C)O)c1ccc(C(N)=NO)cc1Cl. The van der Waals surface area contributed by atoms with Gasteiger partial charge in [0.25, 0.3) is 0 Å². The minimum Gasteiger partial charge on any atom is -0.409 e. The lowest BCUT2D eigenvalue weighted by Gasteiger charge is -2.28. The fourth-order valence-corrected chi connectivity index (χ4v) is 2.02. The van der Waals surface area contributed by atoms with Gasteiger partial charge in [-0.2, -0.15) is 0 Å². The summed E-state index contributed by atoms with van der Waals surface area (Å²) in [6.07, 6.45) is 0. The van der Waals surface area contributed by atoms with Crippen LogP contribution >= 0.6 is 11.6 Å². The van der Waals surface area contributed by atoms with E-state index < -0.39 is 5.60 Å². The van der Waals surface area contributed by atoms with E-state index in [-0.39, 0.29) is 5.84 Å². The van der Waals surface area contributed by atoms with E-state index in [9.17, 15) is 5.11 Å². The molecule has 0 saturated carbocycles. The Kier molecular flexibility index (Phi) is 4.43. The molecule has 0 aliphatic heterocycles. The van der Waals surface area contributed by atoms with Gasteiger partial charge in [0.2, 0.25) is 0 Å². The van der Waals surface area contributed by atoms with E-state index in [2.05, 4.69) is 5.16 Å². The zero-order chi connectivity index (χ0) is 13.9. The van der Waals surface area contributed by atoms with Gasteiger partial charge in [-0.1, -0.05) is 16.8 Å². The molecule has 6 heteroatoms. The number of nitrogens with two attached hydrogens (primary N) is 1. The van der Waals surface area contributed by atoms with Crippen LogP contribution in [0.15, 0.2) is 23.4 Å². The molecule has 100 valence electrons. The molecule has 0 atom stereocenters. The van der Waals surface area contributed by atoms with Crippen molar-refractivity contribution in [2.75, 3.05) is 18.5 Å². The van der Waals surface area contributed by atoms with E-state index >= 15 is 0 Å². The molecule has 5 nitrogen and oxygen atoms in total. The van der Waals surface area contributed by atoms with Crippen LogP contribution in [-0.2, 0) is 0 Å². The predicted octanol–water partition coefficient (Wildman–Crippen LogP) is 1.64. The summed E-state index contributed by atoms with van der Waals surface area (Å²) in [7, 11) is 1.84. The fraction of sp³-hybridized carbons (Fsp3) is 0.417. The van der Waals surface area contributed by atoms with Crippen LogP contribution in [-0.4, -0.2) is 35.3 Å². The Morgan fingerprint density at radius 3 is 2.56 bits per heavy atom. The van der Waals surface area contributed by atoms with Gasteiger partial charge in [0.1, 0.15) is 0 Å². The van der Waals surface area contributed by atoms with Gasteiger partial charge in [-0.05, 0) is 32.0 Å². The molecular weight excluding hydrogens is 254 g/mol. The molecule has 1 aromatic rings. The third-order valence-corrected chi connectivity index (χ3v) is 2.69. The third-order valence-electron chi connectivity index (χ3n) is 2.39. The van der Waals surface area contributed by atoms with E-state index in [0.717, 1.165) is 5.69 Å². The molecule has 1 aromatic carbocycles. The number of likely N-dealkylation sites (N-methyl/N-ethyl adjacent to an activating group) is 1. The molecule has 0 unspecified atom stereocenters. The molecule has 0 heterocycles. The summed E-state index contributed by atoms with van der Waals surface area (Å²) in [6.45, 7) is 3.89. The lowest BCUT2D eigenvalue weighted by Crippen LogP contribution is -2.36. The Hall–Kier alpha value is -1.46. The number of nitrogens with zero attached hydrogens (tertiary/aromatic N) is 2. The molecule has 0 saturated heterocycles. The Bertz CT molecular complexity index is 455. The zero-order valence-corrected chi connectivity index (χ0v) is 11.4. The average molecular weight is 272 g/mol. The van der Waals surface area contributed by atoms with E-state index in [4.69, 9.17) is 22.5 Å². The summed E-state index contributed by atoms with van der Waals surface area (Å²) in [6, 6.07) is 5.09. The minimum absolute atomic E-state index is 0.00795. The van der Waals surface area contributed by atoms with E-state index in [1.165, 1.54) is 0 Å². The molecule has 0 radical (unpaired) electrons. The minimum atomic E-state index is -0.817. The summed E-state index contributed by atoms with van der Waals surface area (Å²) in [5.74, 6) is 0.00795. The second kappa shape index (κ2) is 5.46. The average Bonchev–Trinajstić information content (AvgIpc) is 2.25. The number of rotatable bonds is 4. The third kappa shape index (κ3) is 3.78. The molecule has 0 spiro atoms. The van der Waals surface area contributed by atoms with Crippen LogP contribution in [0.25, 0.3) is 0 Å². The van der Waals surface area contributed by atoms with Crippen LogP contribution in [0.1, 0.15) is 19.4 Å². The van der Waals surface area contributed by atoms with Crippen molar-refractivity contribution in [1.29, 1.82) is 0 Å². The molecule has 0 aliphatic carbocycles. The second-order valence-electron chi connectivity index (χ2n) is 4.82. The number of anilines is 1. The predicted molar refractivity (Wildman–Crippen MR) is 73.5 cm³/mol. The summed E-state index contributed by atoms with van der Waals surface area (Å²) < 4.78 is 0. The van der Waals surface area contributed by atoms with Gasteiger partial charge in [0, 0.05) is 19.2 Å². The molecule has 4 N–H and O–H groups in total. The summed E-state index contributed by atoms with van der Waals surface area (Å²) in [5, 5.41) is 21.7. The second-order valence-corrected chi connectivity index (χ2v) is 5.23. The van der Waals surface area contributed by atoms with Crippen LogP contribution in [0.5, 0.6) is 0 Å². The molecule has 18 heavy (non-hydrogen) atoms. The van der Waals surface area contributed by atoms with Gasteiger partial charge in [0.05, 0.1) is 16.3 Å². The lowest BCUT2D eigenvalue weighted by molar-refractivity contribution is 0.0886. The highest BCUT2D eigenvalue weighted by Gasteiger charge is 2.17. The van der Waals surface area contributed by atoms with E-state index in [1.807, 2.05) is 11.9 Å². The Balaban J connectivity index is 2.99. The van der Waals surface area contributed by atoms with Crippen molar-refractivity contribution >= 4 is 23.1 Å². The van der Waals surface area contributed by atoms with Crippen LogP contribution < -0.4 is 10.6 Å². The normalized spacial score (nSPS) is 12.6. The molecule has 1 rings (SSSR count). The first-order valence-electron chi connectivity index (χ1n) is 5.45. The van der Waals surface area contributed by atoms with Crippen LogP contribution in [0, 0.1) is 0 Å². The molecule has 0 aromatic heterocycles. The van der Waals surface area contributed by atoms with Crippen LogP contribution in [0.4, 0.5) is 5.69 Å². The van der Waals surface area contributed by atoms with Crippen LogP contribution in [0.2, 0.25) is 5.02 Å². The van der Waals surface area contributed by atoms with Crippen molar-refractivity contribution in [2.45, 2.75) is 19.4 Å². The number of aliphatic hydroxyl groups is 1. The van der Waals surface area contributed by atoms with Gasteiger partial charge in [-0.25, -0.2) is 0 Å². The Morgan fingerprint density at radius 1 is 1.50 bits per heavy atom. The standard InChI is InChI=1S/C12H18ClN3O2/c1-12(2,17)7-16(3)10-5-4-8(6-9(10)13)11(14)15-18/h4-6,17-18H,7H2,1-3H3,(H2,14,15). The maximum absolute atomic E-state index is 9.76. The number of halogens is 1. The molecular formula is C12H18ClN3O2. The Morgan fingerprint density at radius 2 is 2.11 bits per heavy atom. The van der Waals surface area contributed by atoms with Gasteiger partial charge in [0.15, 0.2) is 5.84 Å². The van der Waals surface area contributed by atoms with Crippen molar-refractivity contribution in [1.82, 2.24) is 0 Å². The van der Waals surface area contributed by atoms with E-state index in [1.54, 1.807) is 32.0 Å². The van der Waals surface area contributed by atoms with Crippen molar-refractivity contribution < 1.29 is 10.3 Å². The van der Waals surface area contributed by atoms with Gasteiger partial charge in [-0.15, -0.1) is 0 Å². The number of benzene rings is 1. The zero-order valence-electron chi connectivity index (χ0n) is 10.7.